The van der Waals surface area contributed by atoms with Crippen LogP contribution in [0.15, 0.2) is 36.5 Å². The van der Waals surface area contributed by atoms with E-state index in [1.54, 1.807) is 41.4 Å². The topological polar surface area (TPSA) is 141 Å². The lowest BCUT2D eigenvalue weighted by molar-refractivity contribution is -0.136. The first-order valence-corrected chi connectivity index (χ1v) is 11.0. The number of carbonyl (C=O) groups excluding carboxylic acids is 5. The standard InChI is InChI=1S/C23H22N6O5/c30-18-7-5-16(21(32)27-18)29-22(33)15-3-1-2-13(20(15)23(29)34)10-25-17-6-4-14(11-26-17)28-9-8-24-12-19(28)31/h1-4,6,11,16,24H,5,7-10,12H2,(H,25,26)(H,27,30,32). The van der Waals surface area contributed by atoms with Crippen molar-refractivity contribution in [1.29, 1.82) is 0 Å². The number of imide groups is 2. The number of piperazine rings is 1. The SMILES string of the molecule is O=C1CCC(N2C(=O)c3cccc(CNc4ccc(N5CCNCC5=O)cn4)c3C2=O)C(=O)N1. The molecule has 1 unspecified atom stereocenters. The Hall–Kier alpha value is -4.12. The maximum absolute atomic E-state index is 13.2. The number of fused-ring (bicyclic) bond motifs is 1. The Morgan fingerprint density at radius 3 is 2.65 bits per heavy atom. The predicted molar refractivity (Wildman–Crippen MR) is 120 cm³/mol. The third kappa shape index (κ3) is 3.79. The third-order valence-corrected chi connectivity index (χ3v) is 6.16. The van der Waals surface area contributed by atoms with Gasteiger partial charge < -0.3 is 15.5 Å². The van der Waals surface area contributed by atoms with Crippen molar-refractivity contribution in [2.24, 2.45) is 0 Å². The quantitative estimate of drug-likeness (QED) is 0.529. The summed E-state index contributed by atoms with van der Waals surface area (Å²) in [4.78, 5) is 68.9. The highest BCUT2D eigenvalue weighted by atomic mass is 16.2. The van der Waals surface area contributed by atoms with Crippen LogP contribution in [0.1, 0.15) is 39.1 Å². The van der Waals surface area contributed by atoms with Gasteiger partial charge in [0.15, 0.2) is 0 Å². The molecule has 1 aromatic heterocycles. The van der Waals surface area contributed by atoms with Crippen molar-refractivity contribution in [2.45, 2.75) is 25.4 Å². The maximum atomic E-state index is 13.2. The van der Waals surface area contributed by atoms with Gasteiger partial charge in [0.25, 0.3) is 11.8 Å². The van der Waals surface area contributed by atoms with Crippen LogP contribution < -0.4 is 20.9 Å². The molecule has 0 radical (unpaired) electrons. The summed E-state index contributed by atoms with van der Waals surface area (Å²) in [7, 11) is 0. The van der Waals surface area contributed by atoms with E-state index in [0.29, 0.717) is 36.7 Å². The molecule has 5 amide bonds. The number of carbonyl (C=O) groups is 5. The van der Waals surface area contributed by atoms with Crippen molar-refractivity contribution in [1.82, 2.24) is 20.5 Å². The molecule has 0 bridgehead atoms. The summed E-state index contributed by atoms with van der Waals surface area (Å²) < 4.78 is 0. The van der Waals surface area contributed by atoms with E-state index in [9.17, 15) is 24.0 Å². The summed E-state index contributed by atoms with van der Waals surface area (Å²) in [6, 6.07) is 7.51. The lowest BCUT2D eigenvalue weighted by Gasteiger charge is -2.27. The second kappa shape index (κ2) is 8.67. The average Bonchev–Trinajstić information content (AvgIpc) is 3.09. The summed E-state index contributed by atoms with van der Waals surface area (Å²) in [6.07, 6.45) is 1.79. The van der Waals surface area contributed by atoms with E-state index in [2.05, 4.69) is 20.9 Å². The molecule has 11 nitrogen and oxygen atoms in total. The molecule has 34 heavy (non-hydrogen) atoms. The Kier molecular flexibility index (Phi) is 5.54. The van der Waals surface area contributed by atoms with Crippen LogP contribution >= 0.6 is 0 Å². The first-order chi connectivity index (χ1) is 16.4. The Labute approximate surface area is 194 Å². The molecule has 2 aromatic rings. The number of nitrogens with one attached hydrogen (secondary N) is 3. The van der Waals surface area contributed by atoms with Crippen molar-refractivity contribution in [2.75, 3.05) is 29.9 Å². The Morgan fingerprint density at radius 2 is 1.91 bits per heavy atom. The number of amides is 5. The fraction of sp³-hybridized carbons (Fsp3) is 0.304. The molecule has 3 aliphatic rings. The molecular formula is C23H22N6O5. The smallest absolute Gasteiger partial charge is 0.262 e. The zero-order valence-corrected chi connectivity index (χ0v) is 18.2. The molecule has 1 aromatic carbocycles. The van der Waals surface area contributed by atoms with Gasteiger partial charge in [0, 0.05) is 26.1 Å². The van der Waals surface area contributed by atoms with Crippen molar-refractivity contribution in [3.05, 3.63) is 53.2 Å². The number of aromatic nitrogens is 1. The monoisotopic (exact) mass is 462 g/mol. The van der Waals surface area contributed by atoms with Crippen LogP contribution in [0.4, 0.5) is 11.5 Å². The van der Waals surface area contributed by atoms with Gasteiger partial charge in [0.1, 0.15) is 11.9 Å². The lowest BCUT2D eigenvalue weighted by atomic mass is 10.0. The molecule has 2 fully saturated rings. The molecule has 0 saturated carbocycles. The number of piperidine rings is 1. The number of pyridine rings is 1. The molecule has 11 heteroatoms. The normalized spacial score (nSPS) is 20.5. The maximum Gasteiger partial charge on any atom is 0.262 e. The largest absolute Gasteiger partial charge is 0.366 e. The van der Waals surface area contributed by atoms with Crippen LogP contribution in [0.5, 0.6) is 0 Å². The van der Waals surface area contributed by atoms with Gasteiger partial charge in [0.05, 0.1) is 29.6 Å². The number of benzene rings is 1. The van der Waals surface area contributed by atoms with Gasteiger partial charge in [-0.05, 0) is 30.2 Å². The van der Waals surface area contributed by atoms with Gasteiger partial charge in [-0.1, -0.05) is 12.1 Å². The molecular weight excluding hydrogens is 440 g/mol. The Morgan fingerprint density at radius 1 is 1.06 bits per heavy atom. The van der Waals surface area contributed by atoms with Gasteiger partial charge >= 0.3 is 0 Å². The fourth-order valence-corrected chi connectivity index (χ4v) is 4.45. The zero-order valence-electron chi connectivity index (χ0n) is 18.2. The summed E-state index contributed by atoms with van der Waals surface area (Å²) >= 11 is 0. The van der Waals surface area contributed by atoms with E-state index >= 15 is 0 Å². The van der Waals surface area contributed by atoms with Gasteiger partial charge in [0.2, 0.25) is 17.7 Å². The number of hydrogen-bond donors (Lipinski definition) is 3. The van der Waals surface area contributed by atoms with E-state index in [1.165, 1.54) is 0 Å². The minimum atomic E-state index is -1.01. The first-order valence-electron chi connectivity index (χ1n) is 11.0. The second-order valence-electron chi connectivity index (χ2n) is 8.26. The molecule has 2 saturated heterocycles. The summed E-state index contributed by atoms with van der Waals surface area (Å²) in [6.45, 7) is 1.81. The van der Waals surface area contributed by atoms with Crippen molar-refractivity contribution in [3.8, 4) is 0 Å². The number of nitrogens with zero attached hydrogens (tertiary/aromatic N) is 3. The molecule has 3 N–H and O–H groups in total. The van der Waals surface area contributed by atoms with Crippen LogP contribution in [0.25, 0.3) is 0 Å². The highest BCUT2D eigenvalue weighted by Crippen LogP contribution is 2.30. The lowest BCUT2D eigenvalue weighted by Crippen LogP contribution is -2.54. The first kappa shape index (κ1) is 21.7. The highest BCUT2D eigenvalue weighted by molar-refractivity contribution is 6.24. The van der Waals surface area contributed by atoms with Gasteiger partial charge in [-0.2, -0.15) is 0 Å². The summed E-state index contributed by atoms with van der Waals surface area (Å²) in [5, 5.41) is 8.36. The summed E-state index contributed by atoms with van der Waals surface area (Å²) in [5.41, 5.74) is 1.77. The van der Waals surface area contributed by atoms with Crippen LogP contribution in [-0.2, 0) is 20.9 Å². The third-order valence-electron chi connectivity index (χ3n) is 6.16. The van der Waals surface area contributed by atoms with E-state index in [0.717, 1.165) is 4.90 Å². The average molecular weight is 462 g/mol. The van der Waals surface area contributed by atoms with E-state index < -0.39 is 29.7 Å². The van der Waals surface area contributed by atoms with Crippen LogP contribution in [-0.4, -0.2) is 65.1 Å². The van der Waals surface area contributed by atoms with Crippen LogP contribution in [0.3, 0.4) is 0 Å². The summed E-state index contributed by atoms with van der Waals surface area (Å²) in [5.74, 6) is -1.62. The minimum Gasteiger partial charge on any atom is -0.366 e. The molecule has 1 atom stereocenters. The predicted octanol–water partition coefficient (Wildman–Crippen LogP) is 0.0311. The number of rotatable bonds is 5. The van der Waals surface area contributed by atoms with E-state index in [4.69, 9.17) is 0 Å². The van der Waals surface area contributed by atoms with Gasteiger partial charge in [-0.3, -0.25) is 34.2 Å². The van der Waals surface area contributed by atoms with E-state index in [-0.39, 0.29) is 36.4 Å². The van der Waals surface area contributed by atoms with Gasteiger partial charge in [-0.25, -0.2) is 4.98 Å². The molecule has 0 aliphatic carbocycles. The Bertz CT molecular complexity index is 1210. The number of anilines is 2. The van der Waals surface area contributed by atoms with E-state index in [1.807, 2.05) is 0 Å². The molecule has 3 aliphatic heterocycles. The van der Waals surface area contributed by atoms with Crippen molar-refractivity contribution in [3.63, 3.8) is 0 Å². The second-order valence-corrected chi connectivity index (χ2v) is 8.26. The molecule has 4 heterocycles. The number of hydrogen-bond acceptors (Lipinski definition) is 8. The fourth-order valence-electron chi connectivity index (χ4n) is 4.45. The Balaban J connectivity index is 1.31. The minimum absolute atomic E-state index is 0.0163. The zero-order chi connectivity index (χ0) is 23.8. The molecule has 5 rings (SSSR count). The highest BCUT2D eigenvalue weighted by Gasteiger charge is 2.45. The molecule has 174 valence electrons. The van der Waals surface area contributed by atoms with Crippen LogP contribution in [0.2, 0.25) is 0 Å². The van der Waals surface area contributed by atoms with Gasteiger partial charge in [-0.15, -0.1) is 0 Å². The molecule has 0 spiro atoms. The van der Waals surface area contributed by atoms with Crippen LogP contribution in [0, 0.1) is 0 Å². The van der Waals surface area contributed by atoms with Crippen molar-refractivity contribution < 1.29 is 24.0 Å². The van der Waals surface area contributed by atoms with Crippen molar-refractivity contribution >= 4 is 41.0 Å².